The van der Waals surface area contributed by atoms with Gasteiger partial charge in [-0.25, -0.2) is 25.3 Å². The van der Waals surface area contributed by atoms with Crippen LogP contribution in [-0.2, 0) is 29.5 Å². The minimum atomic E-state index is -3.90. The first kappa shape index (κ1) is 17.1. The van der Waals surface area contributed by atoms with E-state index >= 15 is 0 Å². The highest BCUT2D eigenvalue weighted by molar-refractivity contribution is 8.17. The molecule has 11 heteroatoms. The summed E-state index contributed by atoms with van der Waals surface area (Å²) in [5.74, 6) is -0.669. The van der Waals surface area contributed by atoms with Gasteiger partial charge in [0.25, 0.3) is 0 Å². The molecule has 2 saturated heterocycles. The quantitative estimate of drug-likeness (QED) is 0.566. The monoisotopic (exact) mass is 375 g/mol. The Morgan fingerprint density at radius 3 is 2.00 bits per heavy atom. The Morgan fingerprint density at radius 1 is 1.05 bits per heavy atom. The summed E-state index contributed by atoms with van der Waals surface area (Å²) < 4.78 is 70.2. The van der Waals surface area contributed by atoms with Gasteiger partial charge in [0, 0.05) is 13.1 Å². The fraction of sp³-hybridized carbons (Fsp3) is 0.900. The zero-order valence-electron chi connectivity index (χ0n) is 11.4. The maximum Gasteiger partial charge on any atom is 0.207 e. The molecule has 2 atom stereocenters. The second-order valence-corrected chi connectivity index (χ2v) is 12.7. The van der Waals surface area contributed by atoms with Crippen LogP contribution in [0.3, 0.4) is 0 Å². The molecule has 7 nitrogen and oxygen atoms in total. The molecule has 0 aromatic carbocycles. The summed E-state index contributed by atoms with van der Waals surface area (Å²) in [4.78, 5) is 1.29. The smallest absolute Gasteiger partial charge is 0.207 e. The summed E-state index contributed by atoms with van der Waals surface area (Å²) in [5, 5.41) is -1.02. The summed E-state index contributed by atoms with van der Waals surface area (Å²) in [5.41, 5.74) is 0. The first-order valence-electron chi connectivity index (χ1n) is 6.36. The summed E-state index contributed by atoms with van der Waals surface area (Å²) in [6.45, 7) is 0. The highest BCUT2D eigenvalue weighted by Gasteiger charge is 2.42. The van der Waals surface area contributed by atoms with Gasteiger partial charge >= 0.3 is 0 Å². The van der Waals surface area contributed by atoms with Crippen LogP contribution in [0.25, 0.3) is 0 Å². The van der Waals surface area contributed by atoms with E-state index in [1.54, 1.807) is 0 Å². The Balaban J connectivity index is 2.16. The van der Waals surface area contributed by atoms with Crippen molar-refractivity contribution in [1.29, 1.82) is 0 Å². The van der Waals surface area contributed by atoms with Crippen molar-refractivity contribution in [1.82, 2.24) is 4.90 Å². The molecular formula is C10H17NO6S4. The summed E-state index contributed by atoms with van der Waals surface area (Å²) in [6, 6.07) is -0.463. The van der Waals surface area contributed by atoms with Crippen molar-refractivity contribution >= 4 is 46.1 Å². The lowest BCUT2D eigenvalue weighted by Gasteiger charge is -2.26. The number of hydrogen-bond donors (Lipinski definition) is 0. The van der Waals surface area contributed by atoms with E-state index in [1.165, 1.54) is 11.9 Å². The van der Waals surface area contributed by atoms with Gasteiger partial charge in [0.2, 0.25) is 9.84 Å². The van der Waals surface area contributed by atoms with Crippen molar-refractivity contribution in [2.24, 2.45) is 0 Å². The van der Waals surface area contributed by atoms with Crippen molar-refractivity contribution in [3.05, 3.63) is 0 Å². The zero-order chi connectivity index (χ0) is 16.1. The molecule has 2 aliphatic rings. The number of sulfone groups is 3. The molecule has 0 aromatic rings. The second-order valence-electron chi connectivity index (χ2n) is 5.50. The molecule has 0 saturated carbocycles. The zero-order valence-corrected chi connectivity index (χ0v) is 14.7. The average Bonchev–Trinajstić information content (AvgIpc) is 2.90. The topological polar surface area (TPSA) is 106 Å². The molecule has 0 aromatic heterocycles. The third kappa shape index (κ3) is 3.57. The lowest BCUT2D eigenvalue weighted by atomic mass is 10.2. The van der Waals surface area contributed by atoms with Gasteiger partial charge in [0.05, 0.1) is 28.3 Å². The molecule has 0 aliphatic carbocycles. The van der Waals surface area contributed by atoms with E-state index in [-0.39, 0.29) is 28.0 Å². The van der Waals surface area contributed by atoms with Gasteiger partial charge in [-0.15, -0.1) is 0 Å². The van der Waals surface area contributed by atoms with Gasteiger partial charge in [0.15, 0.2) is 24.0 Å². The van der Waals surface area contributed by atoms with Gasteiger partial charge in [-0.2, -0.15) is 0 Å². The number of rotatable bonds is 2. The van der Waals surface area contributed by atoms with Crippen LogP contribution in [0.2, 0.25) is 0 Å². The van der Waals surface area contributed by atoms with E-state index in [4.69, 9.17) is 12.2 Å². The highest BCUT2D eigenvalue weighted by Crippen LogP contribution is 2.24. The molecule has 0 N–H and O–H groups in total. The van der Waals surface area contributed by atoms with Crippen LogP contribution < -0.4 is 0 Å². The van der Waals surface area contributed by atoms with Crippen LogP contribution in [0.1, 0.15) is 12.8 Å². The van der Waals surface area contributed by atoms with Crippen molar-refractivity contribution in [2.45, 2.75) is 24.1 Å². The molecule has 2 fully saturated rings. The fourth-order valence-corrected chi connectivity index (χ4v) is 9.21. The van der Waals surface area contributed by atoms with Crippen molar-refractivity contribution < 1.29 is 25.3 Å². The minimum absolute atomic E-state index is 0.0163. The Kier molecular flexibility index (Phi) is 4.42. The SMILES string of the molecule is CN(C(=S)S(=O)(=O)C1CCS(=O)(=O)C1)C1CCS(=O)(=O)C1. The van der Waals surface area contributed by atoms with Gasteiger partial charge in [-0.3, -0.25) is 0 Å². The molecule has 0 spiro atoms. The first-order valence-corrected chi connectivity index (χ1v) is 12.0. The summed E-state index contributed by atoms with van der Waals surface area (Å²) in [6.07, 6.45) is 0.374. The van der Waals surface area contributed by atoms with E-state index in [0.717, 1.165) is 0 Å². The highest BCUT2D eigenvalue weighted by atomic mass is 32.2. The molecule has 2 aliphatic heterocycles. The fourth-order valence-electron chi connectivity index (χ4n) is 2.58. The average molecular weight is 376 g/mol. The van der Waals surface area contributed by atoms with E-state index in [2.05, 4.69) is 0 Å². The predicted octanol–water partition coefficient (Wildman–Crippen LogP) is -1.01. The molecular weight excluding hydrogens is 358 g/mol. The van der Waals surface area contributed by atoms with E-state index in [1.807, 2.05) is 0 Å². The van der Waals surface area contributed by atoms with Crippen LogP contribution in [0.4, 0.5) is 0 Å². The molecule has 21 heavy (non-hydrogen) atoms. The Labute approximate surface area is 130 Å². The van der Waals surface area contributed by atoms with E-state index in [0.29, 0.717) is 6.42 Å². The van der Waals surface area contributed by atoms with Crippen LogP contribution in [0, 0.1) is 0 Å². The van der Waals surface area contributed by atoms with Crippen molar-refractivity contribution in [3.63, 3.8) is 0 Å². The molecule has 2 unspecified atom stereocenters. The van der Waals surface area contributed by atoms with E-state index in [9.17, 15) is 25.3 Å². The number of hydrogen-bond acceptors (Lipinski definition) is 7. The predicted molar refractivity (Wildman–Crippen MR) is 83.4 cm³/mol. The van der Waals surface area contributed by atoms with Crippen LogP contribution in [-0.4, -0.2) is 75.8 Å². The van der Waals surface area contributed by atoms with Gasteiger partial charge < -0.3 is 4.90 Å². The third-order valence-electron chi connectivity index (χ3n) is 3.92. The summed E-state index contributed by atoms with van der Waals surface area (Å²) in [7, 11) is -8.92. The number of thiocarbonyl (C=S) groups is 1. The maximum absolute atomic E-state index is 12.4. The van der Waals surface area contributed by atoms with E-state index < -0.39 is 46.6 Å². The van der Waals surface area contributed by atoms with Gasteiger partial charge in [-0.05, 0) is 25.1 Å². The minimum Gasteiger partial charge on any atom is -0.352 e. The Hall–Kier alpha value is -0.260. The molecule has 0 amide bonds. The van der Waals surface area contributed by atoms with Crippen molar-refractivity contribution in [2.75, 3.05) is 30.1 Å². The Morgan fingerprint density at radius 2 is 1.57 bits per heavy atom. The lowest BCUT2D eigenvalue weighted by molar-refractivity contribution is 0.406. The standard InChI is InChI=1S/C10H17NO6S4/c1-11(8-2-4-19(12,13)6-8)10(18)21(16,17)9-3-5-20(14,15)7-9/h8-9H,2-7H2,1H3. The summed E-state index contributed by atoms with van der Waals surface area (Å²) >= 11 is 4.98. The molecule has 2 heterocycles. The third-order valence-corrected chi connectivity index (χ3v) is 10.7. The maximum atomic E-state index is 12.4. The van der Waals surface area contributed by atoms with Gasteiger partial charge in [-0.1, -0.05) is 0 Å². The lowest BCUT2D eigenvalue weighted by Crippen LogP contribution is -2.44. The van der Waals surface area contributed by atoms with Crippen LogP contribution >= 0.6 is 12.2 Å². The van der Waals surface area contributed by atoms with Crippen LogP contribution in [0.5, 0.6) is 0 Å². The molecule has 0 radical (unpaired) electrons. The molecule has 0 bridgehead atoms. The first-order chi connectivity index (χ1) is 9.45. The largest absolute Gasteiger partial charge is 0.352 e. The number of nitrogens with zero attached hydrogens (tertiary/aromatic N) is 1. The second kappa shape index (κ2) is 5.43. The molecule has 2 rings (SSSR count). The normalized spacial score (nSPS) is 31.1. The van der Waals surface area contributed by atoms with Crippen molar-refractivity contribution in [3.8, 4) is 0 Å². The van der Waals surface area contributed by atoms with Gasteiger partial charge in [0.1, 0.15) is 0 Å². The Bertz CT molecular complexity index is 751. The van der Waals surface area contributed by atoms with Crippen LogP contribution in [0.15, 0.2) is 0 Å². The molecule has 122 valence electrons.